The lowest BCUT2D eigenvalue weighted by molar-refractivity contribution is 0.0950. The molecule has 0 atom stereocenters. The van der Waals surface area contributed by atoms with Crippen molar-refractivity contribution in [1.82, 2.24) is 15.3 Å². The second kappa shape index (κ2) is 8.62. The number of anilines is 1. The van der Waals surface area contributed by atoms with E-state index >= 15 is 0 Å². The van der Waals surface area contributed by atoms with Gasteiger partial charge in [0.25, 0.3) is 5.91 Å². The quantitative estimate of drug-likeness (QED) is 0.686. The molecule has 0 aliphatic carbocycles. The zero-order chi connectivity index (χ0) is 18.2. The number of pyridine rings is 2. The standard InChI is InChI=1S/C20H20N4O2/c1-26-18-7-3-2-6-17(18)14-24-20(25)16-8-10-22-19(11-16)23-13-15-5-4-9-21-12-15/h2-12H,13-14H2,1H3,(H,22,23)(H,24,25). The fourth-order valence-corrected chi connectivity index (χ4v) is 2.49. The molecule has 3 rings (SSSR count). The van der Waals surface area contributed by atoms with Crippen LogP contribution in [0.2, 0.25) is 0 Å². The van der Waals surface area contributed by atoms with Gasteiger partial charge in [0.05, 0.1) is 7.11 Å². The predicted molar refractivity (Wildman–Crippen MR) is 100.0 cm³/mol. The smallest absolute Gasteiger partial charge is 0.251 e. The molecule has 2 heterocycles. The molecular formula is C20H20N4O2. The first kappa shape index (κ1) is 17.4. The van der Waals surface area contributed by atoms with Crippen LogP contribution in [0.5, 0.6) is 5.75 Å². The van der Waals surface area contributed by atoms with Crippen molar-refractivity contribution in [1.29, 1.82) is 0 Å². The SMILES string of the molecule is COc1ccccc1CNC(=O)c1ccnc(NCc2cccnc2)c1. The number of hydrogen-bond acceptors (Lipinski definition) is 5. The topological polar surface area (TPSA) is 76.1 Å². The lowest BCUT2D eigenvalue weighted by atomic mass is 10.2. The third kappa shape index (κ3) is 4.57. The van der Waals surface area contributed by atoms with E-state index in [4.69, 9.17) is 4.74 Å². The molecule has 132 valence electrons. The van der Waals surface area contributed by atoms with Crippen molar-refractivity contribution in [2.24, 2.45) is 0 Å². The number of benzene rings is 1. The molecule has 0 bridgehead atoms. The molecular weight excluding hydrogens is 328 g/mol. The summed E-state index contributed by atoms with van der Waals surface area (Å²) < 4.78 is 5.30. The van der Waals surface area contributed by atoms with Crippen molar-refractivity contribution in [3.8, 4) is 5.75 Å². The van der Waals surface area contributed by atoms with Gasteiger partial charge in [-0.25, -0.2) is 4.98 Å². The monoisotopic (exact) mass is 348 g/mol. The van der Waals surface area contributed by atoms with Crippen molar-refractivity contribution in [3.05, 3.63) is 83.8 Å². The highest BCUT2D eigenvalue weighted by Gasteiger charge is 2.08. The Morgan fingerprint density at radius 3 is 2.77 bits per heavy atom. The number of ether oxygens (including phenoxy) is 1. The summed E-state index contributed by atoms with van der Waals surface area (Å²) in [6.45, 7) is 0.983. The third-order valence-corrected chi connectivity index (χ3v) is 3.85. The minimum Gasteiger partial charge on any atom is -0.496 e. The molecule has 2 aromatic heterocycles. The minimum absolute atomic E-state index is 0.164. The molecule has 0 saturated heterocycles. The summed E-state index contributed by atoms with van der Waals surface area (Å²) in [5.74, 6) is 1.22. The molecule has 6 heteroatoms. The highest BCUT2D eigenvalue weighted by molar-refractivity contribution is 5.94. The zero-order valence-corrected chi connectivity index (χ0v) is 14.5. The first-order chi connectivity index (χ1) is 12.8. The molecule has 3 aromatic rings. The Labute approximate surface area is 152 Å². The van der Waals surface area contributed by atoms with Gasteiger partial charge in [-0.2, -0.15) is 0 Å². The molecule has 0 saturated carbocycles. The van der Waals surface area contributed by atoms with Crippen LogP contribution in [-0.2, 0) is 13.1 Å². The van der Waals surface area contributed by atoms with E-state index in [1.165, 1.54) is 0 Å². The Balaban J connectivity index is 1.61. The van der Waals surface area contributed by atoms with Crippen LogP contribution in [0.4, 0.5) is 5.82 Å². The van der Waals surface area contributed by atoms with Crippen molar-refractivity contribution in [2.45, 2.75) is 13.1 Å². The van der Waals surface area contributed by atoms with Crippen LogP contribution >= 0.6 is 0 Å². The zero-order valence-electron chi connectivity index (χ0n) is 14.5. The van der Waals surface area contributed by atoms with Gasteiger partial charge >= 0.3 is 0 Å². The summed E-state index contributed by atoms with van der Waals surface area (Å²) in [6, 6.07) is 14.9. The van der Waals surface area contributed by atoms with Crippen LogP contribution in [0, 0.1) is 0 Å². The Morgan fingerprint density at radius 1 is 1.08 bits per heavy atom. The minimum atomic E-state index is -0.164. The largest absolute Gasteiger partial charge is 0.496 e. The van der Waals surface area contributed by atoms with Crippen molar-refractivity contribution in [3.63, 3.8) is 0 Å². The van der Waals surface area contributed by atoms with E-state index < -0.39 is 0 Å². The molecule has 0 fully saturated rings. The van der Waals surface area contributed by atoms with Crippen molar-refractivity contribution in [2.75, 3.05) is 12.4 Å². The molecule has 0 aliphatic rings. The van der Waals surface area contributed by atoms with E-state index in [1.807, 2.05) is 36.4 Å². The van der Waals surface area contributed by atoms with Gasteiger partial charge in [-0.05, 0) is 29.8 Å². The van der Waals surface area contributed by atoms with Crippen LogP contribution in [0.3, 0.4) is 0 Å². The molecule has 0 unspecified atom stereocenters. The lowest BCUT2D eigenvalue weighted by Crippen LogP contribution is -2.23. The van der Waals surface area contributed by atoms with Gasteiger partial charge in [0.15, 0.2) is 0 Å². The number of para-hydroxylation sites is 1. The highest BCUT2D eigenvalue weighted by Crippen LogP contribution is 2.17. The second-order valence-electron chi connectivity index (χ2n) is 5.64. The fraction of sp³-hybridized carbons (Fsp3) is 0.150. The van der Waals surface area contributed by atoms with Gasteiger partial charge in [-0.1, -0.05) is 24.3 Å². The van der Waals surface area contributed by atoms with Gasteiger partial charge in [0.1, 0.15) is 11.6 Å². The fourth-order valence-electron chi connectivity index (χ4n) is 2.49. The van der Waals surface area contributed by atoms with Crippen LogP contribution < -0.4 is 15.4 Å². The van der Waals surface area contributed by atoms with Gasteiger partial charge < -0.3 is 15.4 Å². The van der Waals surface area contributed by atoms with Gasteiger partial charge in [-0.15, -0.1) is 0 Å². The number of hydrogen-bond donors (Lipinski definition) is 2. The number of aromatic nitrogens is 2. The number of rotatable bonds is 7. The maximum atomic E-state index is 12.4. The number of carbonyl (C=O) groups excluding carboxylic acids is 1. The first-order valence-corrected chi connectivity index (χ1v) is 8.25. The van der Waals surface area contributed by atoms with Crippen LogP contribution in [0.25, 0.3) is 0 Å². The summed E-state index contributed by atoms with van der Waals surface area (Å²) in [4.78, 5) is 20.8. The molecule has 1 amide bonds. The molecule has 0 spiro atoms. The second-order valence-corrected chi connectivity index (χ2v) is 5.64. The maximum Gasteiger partial charge on any atom is 0.251 e. The van der Waals surface area contributed by atoms with E-state index in [9.17, 15) is 4.79 Å². The van der Waals surface area contributed by atoms with Crippen LogP contribution in [-0.4, -0.2) is 23.0 Å². The van der Waals surface area contributed by atoms with E-state index in [0.29, 0.717) is 24.5 Å². The first-order valence-electron chi connectivity index (χ1n) is 8.25. The van der Waals surface area contributed by atoms with Crippen molar-refractivity contribution >= 4 is 11.7 Å². The predicted octanol–water partition coefficient (Wildman–Crippen LogP) is 3.03. The molecule has 1 aromatic carbocycles. The van der Waals surface area contributed by atoms with Gasteiger partial charge in [0.2, 0.25) is 0 Å². The van der Waals surface area contributed by atoms with E-state index in [0.717, 1.165) is 16.9 Å². The third-order valence-electron chi connectivity index (χ3n) is 3.85. The summed E-state index contributed by atoms with van der Waals surface area (Å²) >= 11 is 0. The van der Waals surface area contributed by atoms with E-state index in [2.05, 4.69) is 20.6 Å². The molecule has 0 aliphatic heterocycles. The summed E-state index contributed by atoms with van der Waals surface area (Å²) in [6.07, 6.45) is 5.13. The van der Waals surface area contributed by atoms with Crippen LogP contribution in [0.15, 0.2) is 67.1 Å². The normalized spacial score (nSPS) is 10.2. The van der Waals surface area contributed by atoms with Crippen molar-refractivity contribution < 1.29 is 9.53 Å². The van der Waals surface area contributed by atoms with Gasteiger partial charge in [0, 0.05) is 42.8 Å². The number of carbonyl (C=O) groups is 1. The summed E-state index contributed by atoms with van der Waals surface area (Å²) in [5.41, 5.74) is 2.51. The average molecular weight is 348 g/mol. The number of nitrogens with one attached hydrogen (secondary N) is 2. The Morgan fingerprint density at radius 2 is 1.96 bits per heavy atom. The Kier molecular flexibility index (Phi) is 5.77. The van der Waals surface area contributed by atoms with Gasteiger partial charge in [-0.3, -0.25) is 9.78 Å². The van der Waals surface area contributed by atoms with Crippen LogP contribution in [0.1, 0.15) is 21.5 Å². The molecule has 2 N–H and O–H groups in total. The molecule has 26 heavy (non-hydrogen) atoms. The molecule has 0 radical (unpaired) electrons. The Hall–Kier alpha value is -3.41. The van der Waals surface area contributed by atoms with E-state index in [-0.39, 0.29) is 5.91 Å². The maximum absolute atomic E-state index is 12.4. The number of nitrogens with zero attached hydrogens (tertiary/aromatic N) is 2. The lowest BCUT2D eigenvalue weighted by Gasteiger charge is -2.10. The highest BCUT2D eigenvalue weighted by atomic mass is 16.5. The average Bonchev–Trinajstić information content (AvgIpc) is 2.71. The Bertz CT molecular complexity index is 868. The number of amides is 1. The summed E-state index contributed by atoms with van der Waals surface area (Å²) in [5, 5.41) is 6.10. The number of methoxy groups -OCH3 is 1. The van der Waals surface area contributed by atoms with E-state index in [1.54, 1.807) is 37.8 Å². The molecule has 6 nitrogen and oxygen atoms in total. The summed E-state index contributed by atoms with van der Waals surface area (Å²) in [7, 11) is 1.61.